The third-order valence-electron chi connectivity index (χ3n) is 3.14. The lowest BCUT2D eigenvalue weighted by atomic mass is 10.2. The lowest BCUT2D eigenvalue weighted by Gasteiger charge is -2.23. The number of benzene rings is 1. The van der Waals surface area contributed by atoms with E-state index in [-0.39, 0.29) is 23.2 Å². The molecule has 0 amide bonds. The summed E-state index contributed by atoms with van der Waals surface area (Å²) in [7, 11) is -3.70. The van der Waals surface area contributed by atoms with Crippen molar-refractivity contribution in [1.29, 1.82) is 0 Å². The highest BCUT2D eigenvalue weighted by Crippen LogP contribution is 2.36. The minimum Gasteiger partial charge on any atom is -0.398 e. The number of nitrogen functional groups attached to an aromatic ring is 1. The van der Waals surface area contributed by atoms with E-state index >= 15 is 0 Å². The van der Waals surface area contributed by atoms with Gasteiger partial charge in [-0.05, 0) is 40.9 Å². The first-order valence-corrected chi connectivity index (χ1v) is 8.77. The van der Waals surface area contributed by atoms with Gasteiger partial charge < -0.3 is 10.8 Å². The number of hydrogen-bond donors (Lipinski definition) is 2. The molecular formula is C11H14Br2N2O3S. The number of nitrogens with two attached hydrogens (primary N) is 1. The second-order valence-corrected chi connectivity index (χ2v) is 8.00. The monoisotopic (exact) mass is 412 g/mol. The van der Waals surface area contributed by atoms with Gasteiger partial charge in [-0.3, -0.25) is 0 Å². The highest BCUT2D eigenvalue weighted by atomic mass is 79.9. The Kier molecular flexibility index (Phi) is 4.56. The molecule has 0 saturated carbocycles. The second kappa shape index (κ2) is 5.69. The number of anilines is 1. The Labute approximate surface area is 129 Å². The van der Waals surface area contributed by atoms with Gasteiger partial charge in [-0.2, -0.15) is 4.31 Å². The minimum atomic E-state index is -3.70. The van der Waals surface area contributed by atoms with Crippen molar-refractivity contribution in [1.82, 2.24) is 4.31 Å². The van der Waals surface area contributed by atoms with Gasteiger partial charge in [-0.25, -0.2) is 8.42 Å². The minimum absolute atomic E-state index is 0.0658. The first-order chi connectivity index (χ1) is 8.87. The average Bonchev–Trinajstić information content (AvgIpc) is 2.75. The molecule has 1 aromatic carbocycles. The Bertz CT molecular complexity index is 569. The number of hydrogen-bond acceptors (Lipinski definition) is 4. The molecule has 1 atom stereocenters. The standard InChI is InChI=1S/C11H14Br2N2O3S/c12-7-4-9(13)11(10(14)5-7)19(17,18)15-3-1-2-8(15)6-16/h4-5,8,16H,1-3,6,14H2/t8-/m0/s1. The summed E-state index contributed by atoms with van der Waals surface area (Å²) >= 11 is 6.51. The van der Waals surface area contributed by atoms with Crippen LogP contribution in [0.25, 0.3) is 0 Å². The molecule has 106 valence electrons. The molecule has 19 heavy (non-hydrogen) atoms. The summed E-state index contributed by atoms with van der Waals surface area (Å²) in [6, 6.07) is 2.84. The molecule has 0 aromatic heterocycles. The van der Waals surface area contributed by atoms with E-state index in [9.17, 15) is 13.5 Å². The summed E-state index contributed by atoms with van der Waals surface area (Å²) in [5, 5.41) is 9.27. The van der Waals surface area contributed by atoms with Crippen LogP contribution in [0, 0.1) is 0 Å². The summed E-state index contributed by atoms with van der Waals surface area (Å²) in [5.74, 6) is 0. The Hall–Kier alpha value is -0.150. The van der Waals surface area contributed by atoms with E-state index in [4.69, 9.17) is 5.73 Å². The van der Waals surface area contributed by atoms with E-state index in [2.05, 4.69) is 31.9 Å². The molecule has 1 aromatic rings. The molecule has 0 radical (unpaired) electrons. The van der Waals surface area contributed by atoms with Crippen LogP contribution >= 0.6 is 31.9 Å². The molecule has 8 heteroatoms. The molecule has 5 nitrogen and oxygen atoms in total. The van der Waals surface area contributed by atoms with Crippen molar-refractivity contribution in [3.63, 3.8) is 0 Å². The smallest absolute Gasteiger partial charge is 0.246 e. The highest BCUT2D eigenvalue weighted by Gasteiger charge is 2.37. The highest BCUT2D eigenvalue weighted by molar-refractivity contribution is 9.11. The van der Waals surface area contributed by atoms with Gasteiger partial charge in [0.05, 0.1) is 12.3 Å². The quantitative estimate of drug-likeness (QED) is 0.741. The molecule has 1 aliphatic rings. The van der Waals surface area contributed by atoms with E-state index in [1.807, 2.05) is 0 Å². The predicted molar refractivity (Wildman–Crippen MR) is 80.3 cm³/mol. The maximum absolute atomic E-state index is 12.6. The van der Waals surface area contributed by atoms with Crippen LogP contribution in [0.2, 0.25) is 0 Å². The van der Waals surface area contributed by atoms with Gasteiger partial charge in [0.1, 0.15) is 4.90 Å². The van der Waals surface area contributed by atoms with Gasteiger partial charge >= 0.3 is 0 Å². The Morgan fingerprint density at radius 3 is 2.68 bits per heavy atom. The summed E-state index contributed by atoms with van der Waals surface area (Å²) in [5.41, 5.74) is 6.02. The molecule has 1 heterocycles. The van der Waals surface area contributed by atoms with Crippen molar-refractivity contribution < 1.29 is 13.5 Å². The van der Waals surface area contributed by atoms with Gasteiger partial charge in [0.15, 0.2) is 0 Å². The largest absolute Gasteiger partial charge is 0.398 e. The van der Waals surface area contributed by atoms with Crippen LogP contribution in [0.4, 0.5) is 5.69 Å². The average molecular weight is 414 g/mol. The van der Waals surface area contributed by atoms with Gasteiger partial charge in [-0.15, -0.1) is 0 Å². The zero-order valence-corrected chi connectivity index (χ0v) is 14.0. The lowest BCUT2D eigenvalue weighted by Crippen LogP contribution is -2.38. The Morgan fingerprint density at radius 1 is 1.42 bits per heavy atom. The van der Waals surface area contributed by atoms with Crippen molar-refractivity contribution in [2.45, 2.75) is 23.8 Å². The van der Waals surface area contributed by atoms with E-state index < -0.39 is 10.0 Å². The van der Waals surface area contributed by atoms with Crippen molar-refractivity contribution in [2.24, 2.45) is 0 Å². The summed E-state index contributed by atoms with van der Waals surface area (Å²) in [6.45, 7) is 0.239. The molecule has 1 aliphatic heterocycles. The number of nitrogens with zero attached hydrogens (tertiary/aromatic N) is 1. The van der Waals surface area contributed by atoms with Crippen LogP contribution in [0.1, 0.15) is 12.8 Å². The lowest BCUT2D eigenvalue weighted by molar-refractivity contribution is 0.213. The van der Waals surface area contributed by atoms with Gasteiger partial charge in [0, 0.05) is 21.5 Å². The number of halogens is 2. The van der Waals surface area contributed by atoms with E-state index in [0.29, 0.717) is 21.9 Å². The number of rotatable bonds is 3. The predicted octanol–water partition coefficient (Wildman–Crippen LogP) is 1.94. The summed E-state index contributed by atoms with van der Waals surface area (Å²) in [6.07, 6.45) is 1.42. The fourth-order valence-corrected chi connectivity index (χ4v) is 5.98. The number of sulfonamides is 1. The Morgan fingerprint density at radius 2 is 2.11 bits per heavy atom. The molecule has 0 bridgehead atoms. The van der Waals surface area contributed by atoms with Crippen LogP contribution in [0.5, 0.6) is 0 Å². The fourth-order valence-electron chi connectivity index (χ4n) is 2.28. The number of aliphatic hydroxyl groups is 1. The van der Waals surface area contributed by atoms with Gasteiger partial charge in [0.25, 0.3) is 0 Å². The van der Waals surface area contributed by atoms with E-state index in [0.717, 1.165) is 6.42 Å². The third kappa shape index (κ3) is 2.82. The van der Waals surface area contributed by atoms with Gasteiger partial charge in [0.2, 0.25) is 10.0 Å². The molecule has 0 aliphatic carbocycles. The van der Waals surface area contributed by atoms with Crippen LogP contribution in [-0.2, 0) is 10.0 Å². The Balaban J connectivity index is 2.51. The van der Waals surface area contributed by atoms with Crippen molar-refractivity contribution in [2.75, 3.05) is 18.9 Å². The first-order valence-electron chi connectivity index (χ1n) is 5.75. The van der Waals surface area contributed by atoms with Crippen LogP contribution < -0.4 is 5.73 Å². The topological polar surface area (TPSA) is 83.6 Å². The molecule has 2 rings (SSSR count). The maximum atomic E-state index is 12.6. The number of aliphatic hydroxyl groups excluding tert-OH is 1. The van der Waals surface area contributed by atoms with Crippen molar-refractivity contribution in [3.8, 4) is 0 Å². The fraction of sp³-hybridized carbons (Fsp3) is 0.455. The molecule has 1 saturated heterocycles. The molecule has 1 fully saturated rings. The van der Waals surface area contributed by atoms with Crippen LogP contribution in [-0.4, -0.2) is 37.0 Å². The second-order valence-electron chi connectivity index (χ2n) is 4.40. The SMILES string of the molecule is Nc1cc(Br)cc(Br)c1S(=O)(=O)N1CCC[C@H]1CO. The summed E-state index contributed by atoms with van der Waals surface area (Å²) in [4.78, 5) is 0.0658. The zero-order valence-electron chi connectivity index (χ0n) is 10.0. The molecule has 3 N–H and O–H groups in total. The summed E-state index contributed by atoms with van der Waals surface area (Å²) < 4.78 is 27.7. The van der Waals surface area contributed by atoms with Crippen molar-refractivity contribution >= 4 is 47.6 Å². The van der Waals surface area contributed by atoms with E-state index in [1.54, 1.807) is 12.1 Å². The maximum Gasteiger partial charge on any atom is 0.246 e. The zero-order chi connectivity index (χ0) is 14.2. The van der Waals surface area contributed by atoms with Crippen LogP contribution in [0.3, 0.4) is 0 Å². The van der Waals surface area contributed by atoms with E-state index in [1.165, 1.54) is 4.31 Å². The third-order valence-corrected chi connectivity index (χ3v) is 6.55. The van der Waals surface area contributed by atoms with Gasteiger partial charge in [-0.1, -0.05) is 15.9 Å². The normalized spacial score (nSPS) is 20.9. The molecule has 0 unspecified atom stereocenters. The molecule has 0 spiro atoms. The van der Waals surface area contributed by atoms with Crippen molar-refractivity contribution in [3.05, 3.63) is 21.1 Å². The van der Waals surface area contributed by atoms with Crippen LogP contribution in [0.15, 0.2) is 26.0 Å². The first kappa shape index (κ1) is 15.2. The molecular weight excluding hydrogens is 400 g/mol.